The van der Waals surface area contributed by atoms with E-state index in [-0.39, 0.29) is 21.5 Å². The van der Waals surface area contributed by atoms with Crippen molar-refractivity contribution < 1.29 is 31.3 Å². The van der Waals surface area contributed by atoms with Crippen molar-refractivity contribution in [3.8, 4) is 5.75 Å². The number of benzene rings is 2. The van der Waals surface area contributed by atoms with Gasteiger partial charge in [-0.25, -0.2) is 0 Å². The van der Waals surface area contributed by atoms with Crippen LogP contribution in [-0.2, 0) is 9.53 Å². The largest absolute Gasteiger partial charge is 0.522 e. The first-order valence-corrected chi connectivity index (χ1v) is 17.0. The average molecular weight is 670 g/mol. The molecule has 4 rings (SSSR count). The molecular formula is C35H49ClF3N2O3S+. The maximum absolute atomic E-state index is 13.5. The Kier molecular flexibility index (Phi) is 12.7. The van der Waals surface area contributed by atoms with Crippen molar-refractivity contribution in [2.24, 2.45) is 0 Å². The van der Waals surface area contributed by atoms with Crippen LogP contribution in [0.5, 0.6) is 5.75 Å². The molecule has 0 spiro atoms. The van der Waals surface area contributed by atoms with Crippen molar-refractivity contribution in [2.75, 3.05) is 40.3 Å². The maximum atomic E-state index is 13.5. The van der Waals surface area contributed by atoms with E-state index >= 15 is 0 Å². The number of methoxy groups -OCH3 is 1. The number of piperidine rings is 1. The smallest absolute Gasteiger partial charge is 0.496 e. The van der Waals surface area contributed by atoms with Crippen molar-refractivity contribution >= 4 is 30.2 Å². The SMILES string of the molecule is COc1ccc(Cl)cc1[C@@H](CCN1CCCCC1)CC[N+](C)(S)[C@H](C(C)=O)c1cccc(C)c1C1CCC(OC(F)(F)F)CC1. The molecule has 250 valence electrons. The van der Waals surface area contributed by atoms with Crippen molar-refractivity contribution in [1.29, 1.82) is 0 Å². The molecule has 2 fully saturated rings. The van der Waals surface area contributed by atoms with E-state index in [9.17, 15) is 18.0 Å². The molecule has 10 heteroatoms. The van der Waals surface area contributed by atoms with Gasteiger partial charge in [0, 0.05) is 23.9 Å². The Morgan fingerprint density at radius 1 is 1.07 bits per heavy atom. The van der Waals surface area contributed by atoms with Gasteiger partial charge in [0.15, 0.2) is 11.8 Å². The lowest BCUT2D eigenvalue weighted by atomic mass is 9.77. The molecule has 5 nitrogen and oxygen atoms in total. The summed E-state index contributed by atoms with van der Waals surface area (Å²) in [6.45, 7) is 7.48. The number of quaternary nitrogens is 1. The maximum Gasteiger partial charge on any atom is 0.522 e. The second kappa shape index (κ2) is 15.9. The fourth-order valence-electron chi connectivity index (χ4n) is 7.62. The Bertz CT molecular complexity index is 1280. The molecule has 45 heavy (non-hydrogen) atoms. The van der Waals surface area contributed by atoms with Gasteiger partial charge < -0.3 is 9.64 Å². The first-order valence-electron chi connectivity index (χ1n) is 16.3. The van der Waals surface area contributed by atoms with Gasteiger partial charge in [0.25, 0.3) is 0 Å². The number of nitrogens with zero attached hydrogens (tertiary/aromatic N) is 2. The number of ether oxygens (including phenoxy) is 2. The third-order valence-electron chi connectivity index (χ3n) is 9.78. The summed E-state index contributed by atoms with van der Waals surface area (Å²) in [4.78, 5) is 16.0. The molecule has 0 radical (unpaired) electrons. The third kappa shape index (κ3) is 9.86. The number of aryl methyl sites for hydroxylation is 1. The number of likely N-dealkylation sites (tertiary alicyclic amines) is 1. The van der Waals surface area contributed by atoms with Crippen molar-refractivity contribution in [3.05, 3.63) is 63.7 Å². The molecule has 0 aromatic heterocycles. The summed E-state index contributed by atoms with van der Waals surface area (Å²) in [6.07, 6.45) is 1.81. The molecule has 2 aromatic rings. The summed E-state index contributed by atoms with van der Waals surface area (Å²) < 4.78 is 48.9. The quantitative estimate of drug-likeness (QED) is 0.171. The van der Waals surface area contributed by atoms with Crippen LogP contribution >= 0.6 is 24.4 Å². The van der Waals surface area contributed by atoms with Crippen LogP contribution in [0.15, 0.2) is 36.4 Å². The monoisotopic (exact) mass is 669 g/mol. The highest BCUT2D eigenvalue weighted by Gasteiger charge is 2.41. The summed E-state index contributed by atoms with van der Waals surface area (Å²) in [5, 5.41) is 0.665. The minimum Gasteiger partial charge on any atom is -0.496 e. The summed E-state index contributed by atoms with van der Waals surface area (Å²) in [6, 6.07) is 11.2. The standard InChI is InChI=1S/C35H49ClF3N2O3S/c1-24-9-8-10-30(33(24)27-11-14-29(15-12-27)44-35(37,38)39)34(25(2)42)41(3,45)22-18-26(17-21-40-19-6-5-7-20-40)31-23-28(36)13-16-32(31)43-4/h8-10,13,16,23,26-27,29,34,45H,5-7,11-12,14-15,17-22H2,1-4H3/q+1/t26-,27?,29?,34+,41?/m0/s1. The second-order valence-electron chi connectivity index (χ2n) is 13.1. The highest BCUT2D eigenvalue weighted by atomic mass is 35.5. The predicted molar refractivity (Wildman–Crippen MR) is 177 cm³/mol. The van der Waals surface area contributed by atoms with Gasteiger partial charge in [-0.2, -0.15) is 0 Å². The van der Waals surface area contributed by atoms with Gasteiger partial charge in [0.2, 0.25) is 0 Å². The molecule has 0 amide bonds. The lowest BCUT2D eigenvalue weighted by Crippen LogP contribution is -2.43. The molecule has 1 saturated heterocycles. The summed E-state index contributed by atoms with van der Waals surface area (Å²) in [7, 11) is 3.67. The van der Waals surface area contributed by atoms with Gasteiger partial charge >= 0.3 is 6.36 Å². The molecule has 1 aliphatic carbocycles. The molecule has 2 aromatic carbocycles. The van der Waals surface area contributed by atoms with Crippen LogP contribution in [0, 0.1) is 6.92 Å². The second-order valence-corrected chi connectivity index (χ2v) is 14.5. The Morgan fingerprint density at radius 3 is 2.38 bits per heavy atom. The van der Waals surface area contributed by atoms with E-state index < -0.39 is 18.5 Å². The van der Waals surface area contributed by atoms with E-state index in [1.54, 1.807) is 14.0 Å². The van der Waals surface area contributed by atoms with E-state index in [4.69, 9.17) is 29.2 Å². The highest BCUT2D eigenvalue weighted by molar-refractivity contribution is 7.74. The van der Waals surface area contributed by atoms with Crippen LogP contribution in [0.4, 0.5) is 13.2 Å². The number of Topliss-reactive ketones (excluding diaryl/α,β-unsaturated/α-hetero) is 1. The Labute approximate surface area is 277 Å². The van der Waals surface area contributed by atoms with Crippen molar-refractivity contribution in [1.82, 2.24) is 4.90 Å². The van der Waals surface area contributed by atoms with Gasteiger partial charge in [0.05, 0.1) is 39.6 Å². The number of alkyl halides is 3. The van der Waals surface area contributed by atoms with E-state index in [2.05, 4.69) is 9.64 Å². The zero-order valence-electron chi connectivity index (χ0n) is 27.0. The number of thiol groups is 1. The minimum atomic E-state index is -4.63. The lowest BCUT2D eigenvalue weighted by Gasteiger charge is -2.38. The van der Waals surface area contributed by atoms with Crippen molar-refractivity contribution in [2.45, 2.75) is 102 Å². The van der Waals surface area contributed by atoms with Gasteiger partial charge in [-0.3, -0.25) is 13.4 Å². The number of hydrogen-bond acceptors (Lipinski definition) is 5. The number of carbonyl (C=O) groups excluding carboxylic acids is 1. The normalized spacial score (nSPS) is 22.4. The Morgan fingerprint density at radius 2 is 1.76 bits per heavy atom. The molecule has 1 unspecified atom stereocenters. The van der Waals surface area contributed by atoms with E-state index in [1.807, 2.05) is 50.4 Å². The average Bonchev–Trinajstić information content (AvgIpc) is 2.97. The summed E-state index contributed by atoms with van der Waals surface area (Å²) >= 11 is 11.7. The lowest BCUT2D eigenvalue weighted by molar-refractivity contribution is -0.794. The third-order valence-corrected chi connectivity index (χ3v) is 10.4. The summed E-state index contributed by atoms with van der Waals surface area (Å²) in [5.41, 5.74) is 4.12. The first-order chi connectivity index (χ1) is 21.3. The number of ketones is 1. The molecule has 0 N–H and O–H groups in total. The molecular weight excluding hydrogens is 621 g/mol. The van der Waals surface area contributed by atoms with Gasteiger partial charge in [-0.1, -0.05) is 36.2 Å². The van der Waals surface area contributed by atoms with Crippen molar-refractivity contribution in [3.63, 3.8) is 0 Å². The number of likely N-dealkylation sites (N-methyl/N-ethyl adjacent to an activating group) is 1. The van der Waals surface area contributed by atoms with Crippen LogP contribution in [0.25, 0.3) is 0 Å². The predicted octanol–water partition coefficient (Wildman–Crippen LogP) is 9.19. The Hall–Kier alpha value is -1.78. The van der Waals surface area contributed by atoms with Crippen LogP contribution in [0.3, 0.4) is 0 Å². The number of rotatable bonds is 13. The zero-order valence-corrected chi connectivity index (χ0v) is 28.7. The fraction of sp³-hybridized carbons (Fsp3) is 0.629. The van der Waals surface area contributed by atoms with Gasteiger partial charge in [-0.05, 0) is 118 Å². The number of hydrogen-bond donors (Lipinski definition) is 1. The molecule has 2 aliphatic rings. The minimum absolute atomic E-state index is 0.0126. The van der Waals surface area contributed by atoms with Crippen LogP contribution in [0.2, 0.25) is 5.02 Å². The van der Waals surface area contributed by atoms with Crippen LogP contribution < -0.4 is 4.74 Å². The van der Waals surface area contributed by atoms with E-state index in [0.29, 0.717) is 37.3 Å². The number of halogens is 4. The number of carbonyl (C=O) groups is 1. The molecule has 1 saturated carbocycles. The van der Waals surface area contributed by atoms with Gasteiger partial charge in [-0.15, -0.1) is 13.2 Å². The Balaban J connectivity index is 1.58. The zero-order chi connectivity index (χ0) is 32.8. The van der Waals surface area contributed by atoms with E-state index in [0.717, 1.165) is 60.5 Å². The van der Waals surface area contributed by atoms with E-state index in [1.165, 1.54) is 19.3 Å². The molecule has 3 atom stereocenters. The molecule has 0 bridgehead atoms. The van der Waals surface area contributed by atoms with Gasteiger partial charge in [0.1, 0.15) is 5.75 Å². The summed E-state index contributed by atoms with van der Waals surface area (Å²) in [5.74, 6) is 1.03. The van der Waals surface area contributed by atoms with Crippen LogP contribution in [0.1, 0.15) is 105 Å². The highest BCUT2D eigenvalue weighted by Crippen LogP contribution is 2.44. The fourth-order valence-corrected chi connectivity index (χ4v) is 8.20. The first kappa shape index (κ1) is 36.1. The molecule has 1 aliphatic heterocycles. The molecule has 1 heterocycles. The van der Waals surface area contributed by atoms with Crippen LogP contribution in [-0.4, -0.2) is 67.4 Å². The topological polar surface area (TPSA) is 38.8 Å².